The first-order valence-electron chi connectivity index (χ1n) is 5.38. The normalized spacial score (nSPS) is 14.9. The second kappa shape index (κ2) is 4.60. The predicted octanol–water partition coefficient (Wildman–Crippen LogP) is 2.03. The first-order chi connectivity index (χ1) is 7.66. The molecule has 1 N–H and O–H groups in total. The van der Waals surface area contributed by atoms with Crippen LogP contribution in [0.5, 0.6) is 0 Å². The first kappa shape index (κ1) is 11.0. The van der Waals surface area contributed by atoms with Crippen molar-refractivity contribution in [3.63, 3.8) is 0 Å². The van der Waals surface area contributed by atoms with Crippen LogP contribution in [-0.2, 0) is 11.2 Å². The summed E-state index contributed by atoms with van der Waals surface area (Å²) in [6.45, 7) is 0.357. The van der Waals surface area contributed by atoms with E-state index in [1.54, 1.807) is 0 Å². The van der Waals surface area contributed by atoms with Gasteiger partial charge in [-0.15, -0.1) is 0 Å². The molecule has 0 spiro atoms. The molecule has 1 fully saturated rings. The fourth-order valence-electron chi connectivity index (χ4n) is 1.55. The van der Waals surface area contributed by atoms with Crippen LogP contribution in [0.25, 0.3) is 0 Å². The van der Waals surface area contributed by atoms with E-state index < -0.39 is 11.6 Å². The van der Waals surface area contributed by atoms with Crippen LogP contribution in [0, 0.1) is 17.6 Å². The summed E-state index contributed by atoms with van der Waals surface area (Å²) in [5.41, 5.74) is 0.302. The molecular formula is C12H13F2NO. The molecule has 0 aromatic heterocycles. The summed E-state index contributed by atoms with van der Waals surface area (Å²) in [5.74, 6) is -0.707. The molecule has 1 aromatic carbocycles. The molecule has 1 amide bonds. The zero-order valence-corrected chi connectivity index (χ0v) is 8.80. The third-order valence-electron chi connectivity index (χ3n) is 2.65. The summed E-state index contributed by atoms with van der Waals surface area (Å²) in [6.07, 6.45) is 2.21. The molecule has 0 radical (unpaired) electrons. The van der Waals surface area contributed by atoms with Gasteiger partial charge in [0.25, 0.3) is 0 Å². The Morgan fingerprint density at radius 3 is 2.81 bits per heavy atom. The molecule has 1 aromatic rings. The first-order valence-corrected chi connectivity index (χ1v) is 5.38. The van der Waals surface area contributed by atoms with Crippen LogP contribution < -0.4 is 5.32 Å². The van der Waals surface area contributed by atoms with E-state index in [0.29, 0.717) is 18.5 Å². The lowest BCUT2D eigenvalue weighted by Crippen LogP contribution is -2.27. The molecule has 16 heavy (non-hydrogen) atoms. The summed E-state index contributed by atoms with van der Waals surface area (Å²) in [7, 11) is 0. The lowest BCUT2D eigenvalue weighted by Gasteiger charge is -2.05. The van der Waals surface area contributed by atoms with Gasteiger partial charge in [0.2, 0.25) is 5.91 Å². The number of amides is 1. The quantitative estimate of drug-likeness (QED) is 0.834. The maximum Gasteiger partial charge on any atom is 0.223 e. The Kier molecular flexibility index (Phi) is 3.17. The molecule has 2 nitrogen and oxygen atoms in total. The Bertz CT molecular complexity index is 402. The van der Waals surface area contributed by atoms with E-state index in [2.05, 4.69) is 5.32 Å². The average molecular weight is 225 g/mol. The third-order valence-corrected chi connectivity index (χ3v) is 2.65. The van der Waals surface area contributed by atoms with Crippen molar-refractivity contribution in [2.45, 2.75) is 19.3 Å². The highest BCUT2D eigenvalue weighted by atomic mass is 19.1. The van der Waals surface area contributed by atoms with Gasteiger partial charge < -0.3 is 5.32 Å². The number of carbonyl (C=O) groups is 1. The molecule has 0 bridgehead atoms. The van der Waals surface area contributed by atoms with Gasteiger partial charge in [0.1, 0.15) is 11.6 Å². The number of benzene rings is 1. The van der Waals surface area contributed by atoms with Crippen LogP contribution >= 0.6 is 0 Å². The second-order valence-electron chi connectivity index (χ2n) is 4.05. The monoisotopic (exact) mass is 225 g/mol. The smallest absolute Gasteiger partial charge is 0.223 e. The van der Waals surface area contributed by atoms with Gasteiger partial charge in [-0.05, 0) is 43.0 Å². The number of halogens is 2. The SMILES string of the molecule is O=C(NCCc1cc(F)ccc1F)C1CC1. The number of rotatable bonds is 4. The van der Waals surface area contributed by atoms with Crippen molar-refractivity contribution in [3.8, 4) is 0 Å². The number of carbonyl (C=O) groups excluding carboxylic acids is 1. The highest BCUT2D eigenvalue weighted by Gasteiger charge is 2.29. The van der Waals surface area contributed by atoms with Crippen molar-refractivity contribution in [2.75, 3.05) is 6.54 Å². The van der Waals surface area contributed by atoms with Crippen molar-refractivity contribution < 1.29 is 13.6 Å². The molecule has 0 aliphatic heterocycles. The van der Waals surface area contributed by atoms with E-state index >= 15 is 0 Å². The van der Waals surface area contributed by atoms with Crippen molar-refractivity contribution in [1.82, 2.24) is 5.32 Å². The van der Waals surface area contributed by atoms with Gasteiger partial charge in [-0.3, -0.25) is 4.79 Å². The lowest BCUT2D eigenvalue weighted by molar-refractivity contribution is -0.122. The van der Waals surface area contributed by atoms with Gasteiger partial charge in [0.05, 0.1) is 0 Å². The van der Waals surface area contributed by atoms with Crippen molar-refractivity contribution >= 4 is 5.91 Å². The highest BCUT2D eigenvalue weighted by molar-refractivity contribution is 5.80. The summed E-state index contributed by atoms with van der Waals surface area (Å²) in [4.78, 5) is 11.3. The summed E-state index contributed by atoms with van der Waals surface area (Å²) < 4.78 is 26.0. The molecule has 0 atom stereocenters. The Hall–Kier alpha value is -1.45. The number of nitrogens with one attached hydrogen (secondary N) is 1. The molecule has 1 aliphatic carbocycles. The van der Waals surface area contributed by atoms with Gasteiger partial charge in [0, 0.05) is 12.5 Å². The van der Waals surface area contributed by atoms with E-state index in [9.17, 15) is 13.6 Å². The van der Waals surface area contributed by atoms with Crippen LogP contribution in [0.1, 0.15) is 18.4 Å². The minimum atomic E-state index is -0.454. The molecule has 1 aliphatic rings. The standard InChI is InChI=1S/C12H13F2NO/c13-10-3-4-11(14)9(7-10)5-6-15-12(16)8-1-2-8/h3-4,7-8H,1-2,5-6H2,(H,15,16). The summed E-state index contributed by atoms with van der Waals surface area (Å²) in [6, 6.07) is 3.35. The molecule has 0 unspecified atom stereocenters. The van der Waals surface area contributed by atoms with E-state index in [1.165, 1.54) is 6.07 Å². The maximum absolute atomic E-state index is 13.2. The third kappa shape index (κ3) is 2.78. The zero-order valence-electron chi connectivity index (χ0n) is 8.80. The Balaban J connectivity index is 1.84. The van der Waals surface area contributed by atoms with Gasteiger partial charge in [-0.25, -0.2) is 8.78 Å². The van der Waals surface area contributed by atoms with Crippen molar-refractivity contribution in [1.29, 1.82) is 0 Å². The zero-order chi connectivity index (χ0) is 11.5. The fourth-order valence-corrected chi connectivity index (χ4v) is 1.55. The summed E-state index contributed by atoms with van der Waals surface area (Å²) >= 11 is 0. The van der Waals surface area contributed by atoms with E-state index in [-0.39, 0.29) is 11.8 Å². The molecule has 1 saturated carbocycles. The van der Waals surface area contributed by atoms with Gasteiger partial charge >= 0.3 is 0 Å². The Morgan fingerprint density at radius 1 is 1.38 bits per heavy atom. The molecule has 4 heteroatoms. The molecule has 0 saturated heterocycles. The van der Waals surface area contributed by atoms with Crippen molar-refractivity contribution in [2.24, 2.45) is 5.92 Å². The Labute approximate surface area is 92.7 Å². The van der Waals surface area contributed by atoms with E-state index in [4.69, 9.17) is 0 Å². The average Bonchev–Trinajstić information content (AvgIpc) is 3.06. The summed E-state index contributed by atoms with van der Waals surface area (Å²) in [5, 5.41) is 2.71. The highest BCUT2D eigenvalue weighted by Crippen LogP contribution is 2.28. The van der Waals surface area contributed by atoms with Gasteiger partial charge in [-0.1, -0.05) is 0 Å². The Morgan fingerprint density at radius 2 is 2.12 bits per heavy atom. The topological polar surface area (TPSA) is 29.1 Å². The molecule has 0 heterocycles. The molecule has 2 rings (SSSR count). The minimum Gasteiger partial charge on any atom is -0.356 e. The van der Waals surface area contributed by atoms with Crippen LogP contribution in [0.3, 0.4) is 0 Å². The maximum atomic E-state index is 13.2. The van der Waals surface area contributed by atoms with Gasteiger partial charge in [-0.2, -0.15) is 0 Å². The molecular weight excluding hydrogens is 212 g/mol. The predicted molar refractivity (Wildman–Crippen MR) is 55.8 cm³/mol. The minimum absolute atomic E-state index is 0.0248. The van der Waals surface area contributed by atoms with Crippen molar-refractivity contribution in [3.05, 3.63) is 35.4 Å². The number of hydrogen-bond donors (Lipinski definition) is 1. The van der Waals surface area contributed by atoms with Crippen LogP contribution in [0.2, 0.25) is 0 Å². The van der Waals surface area contributed by atoms with Crippen LogP contribution in [0.15, 0.2) is 18.2 Å². The second-order valence-corrected chi connectivity index (χ2v) is 4.05. The van der Waals surface area contributed by atoms with Crippen LogP contribution in [0.4, 0.5) is 8.78 Å². The van der Waals surface area contributed by atoms with E-state index in [1.807, 2.05) is 0 Å². The fraction of sp³-hybridized carbons (Fsp3) is 0.417. The molecule has 86 valence electrons. The number of hydrogen-bond acceptors (Lipinski definition) is 1. The lowest BCUT2D eigenvalue weighted by atomic mass is 10.1. The van der Waals surface area contributed by atoms with Gasteiger partial charge in [0.15, 0.2) is 0 Å². The van der Waals surface area contributed by atoms with Crippen LogP contribution in [-0.4, -0.2) is 12.5 Å². The van der Waals surface area contributed by atoms with E-state index in [0.717, 1.165) is 25.0 Å². The largest absolute Gasteiger partial charge is 0.356 e.